The molecule has 0 saturated carbocycles. The summed E-state index contributed by atoms with van der Waals surface area (Å²) in [4.78, 5) is 0.364. The Morgan fingerprint density at radius 1 is 1.56 bits per heavy atom. The lowest BCUT2D eigenvalue weighted by molar-refractivity contribution is 0.377. The highest BCUT2D eigenvalue weighted by atomic mass is 79.9. The lowest BCUT2D eigenvalue weighted by atomic mass is 10.2. The Morgan fingerprint density at radius 2 is 2.31 bits per heavy atom. The molecule has 1 aromatic rings. The van der Waals surface area contributed by atoms with Crippen molar-refractivity contribution in [2.24, 2.45) is 0 Å². The van der Waals surface area contributed by atoms with E-state index >= 15 is 0 Å². The summed E-state index contributed by atoms with van der Waals surface area (Å²) in [6, 6.07) is 5.80. The lowest BCUT2D eigenvalue weighted by Crippen LogP contribution is -2.02. The van der Waals surface area contributed by atoms with Crippen molar-refractivity contribution in [3.05, 3.63) is 33.3 Å². The van der Waals surface area contributed by atoms with Crippen LogP contribution in [0.2, 0.25) is 5.02 Å². The number of hydrogen-bond donors (Lipinski definition) is 0. The first-order valence-electron chi connectivity index (χ1n) is 5.06. The molecule has 0 amide bonds. The highest BCUT2D eigenvalue weighted by molar-refractivity contribution is 9.10. The summed E-state index contributed by atoms with van der Waals surface area (Å²) < 4.78 is 6.57. The molecule has 0 spiro atoms. The van der Waals surface area contributed by atoms with Crippen molar-refractivity contribution in [2.75, 3.05) is 6.61 Å². The van der Waals surface area contributed by atoms with Crippen LogP contribution in [0.3, 0.4) is 0 Å². The van der Waals surface area contributed by atoms with Crippen molar-refractivity contribution in [1.82, 2.24) is 0 Å². The second-order valence-corrected chi connectivity index (χ2v) is 6.70. The third-order valence-corrected chi connectivity index (χ3v) is 4.59. The fourth-order valence-electron chi connectivity index (χ4n) is 1.08. The summed E-state index contributed by atoms with van der Waals surface area (Å²) >= 11 is 10.9. The Balaban J connectivity index is 2.34. The number of hydrogen-bond acceptors (Lipinski definition) is 2. The van der Waals surface area contributed by atoms with Gasteiger partial charge in [0.1, 0.15) is 0 Å². The molecule has 1 rings (SSSR count). The van der Waals surface area contributed by atoms with Crippen molar-refractivity contribution in [1.29, 1.82) is 0 Å². The molecular weight excluding hydrogens is 324 g/mol. The number of benzene rings is 1. The van der Waals surface area contributed by atoms with Crippen LogP contribution in [0.5, 0.6) is 0 Å². The highest BCUT2D eigenvalue weighted by Crippen LogP contribution is 2.22. The summed E-state index contributed by atoms with van der Waals surface area (Å²) in [7, 11) is 3.55. The van der Waals surface area contributed by atoms with Crippen LogP contribution in [0.25, 0.3) is 0 Å². The van der Waals surface area contributed by atoms with Gasteiger partial charge in [0.15, 0.2) is 0 Å². The van der Waals surface area contributed by atoms with E-state index in [1.54, 1.807) is 0 Å². The van der Waals surface area contributed by atoms with Crippen LogP contribution < -0.4 is 0 Å². The van der Waals surface area contributed by atoms with E-state index in [0.717, 1.165) is 22.3 Å². The van der Waals surface area contributed by atoms with Gasteiger partial charge < -0.3 is 4.18 Å². The van der Waals surface area contributed by atoms with E-state index in [-0.39, 0.29) is 0 Å². The van der Waals surface area contributed by atoms with Crippen molar-refractivity contribution in [2.45, 2.75) is 24.6 Å². The van der Waals surface area contributed by atoms with E-state index in [9.17, 15) is 0 Å². The summed E-state index contributed by atoms with van der Waals surface area (Å²) in [6.07, 6.45) is 1.90. The summed E-state index contributed by atoms with van der Waals surface area (Å²) in [6.45, 7) is 2.80. The molecule has 0 aromatic heterocycles. The smallest absolute Gasteiger partial charge is 0.0654 e. The average Bonchev–Trinajstić information content (AvgIpc) is 2.28. The molecule has 87 valence electrons. The van der Waals surface area contributed by atoms with Crippen molar-refractivity contribution in [3.63, 3.8) is 0 Å². The quantitative estimate of drug-likeness (QED) is 0.437. The fourth-order valence-corrected chi connectivity index (χ4v) is 2.41. The molecule has 3 radical (unpaired) electrons. The van der Waals surface area contributed by atoms with Crippen molar-refractivity contribution in [3.8, 4) is 0 Å². The summed E-state index contributed by atoms with van der Waals surface area (Å²) in [5.41, 5.74) is 1.18. The Kier molecular flexibility index (Phi) is 7.08. The second kappa shape index (κ2) is 7.77. The van der Waals surface area contributed by atoms with Gasteiger partial charge in [0.2, 0.25) is 0 Å². The maximum absolute atomic E-state index is 5.93. The second-order valence-electron chi connectivity index (χ2n) is 3.30. The molecule has 16 heavy (non-hydrogen) atoms. The van der Waals surface area contributed by atoms with Gasteiger partial charge in [0.25, 0.3) is 0 Å². The van der Waals surface area contributed by atoms with Gasteiger partial charge in [0, 0.05) is 24.6 Å². The molecule has 1 aromatic carbocycles. The zero-order chi connectivity index (χ0) is 12.0. The minimum atomic E-state index is 0.364. The topological polar surface area (TPSA) is 9.23 Å². The highest BCUT2D eigenvalue weighted by Gasteiger charge is 2.03. The van der Waals surface area contributed by atoms with Gasteiger partial charge in [-0.15, -0.1) is 0 Å². The average molecular weight is 337 g/mol. The summed E-state index contributed by atoms with van der Waals surface area (Å²) in [5.74, 6) is 0. The van der Waals surface area contributed by atoms with Gasteiger partial charge >= 0.3 is 0 Å². The molecular formula is C11H13BrClOSSi. The van der Waals surface area contributed by atoms with Crippen LogP contribution in [0.4, 0.5) is 0 Å². The van der Waals surface area contributed by atoms with Crippen LogP contribution >= 0.6 is 39.6 Å². The molecule has 0 fully saturated rings. The molecule has 1 unspecified atom stereocenters. The van der Waals surface area contributed by atoms with Crippen LogP contribution in [0.1, 0.15) is 18.9 Å². The molecule has 1 atom stereocenters. The molecule has 0 aliphatic carbocycles. The monoisotopic (exact) mass is 335 g/mol. The predicted molar refractivity (Wildman–Crippen MR) is 76.2 cm³/mol. The van der Waals surface area contributed by atoms with E-state index < -0.39 is 0 Å². The molecule has 5 heteroatoms. The van der Waals surface area contributed by atoms with Crippen molar-refractivity contribution >= 4 is 49.8 Å². The Morgan fingerprint density at radius 3 is 3.00 bits per heavy atom. The van der Waals surface area contributed by atoms with Gasteiger partial charge in [-0.25, -0.2) is 0 Å². The molecule has 0 aliphatic heterocycles. The fraction of sp³-hybridized carbons (Fsp3) is 0.455. The molecule has 0 N–H and O–H groups in total. The van der Waals surface area contributed by atoms with E-state index in [4.69, 9.17) is 15.8 Å². The van der Waals surface area contributed by atoms with Crippen LogP contribution in [-0.4, -0.2) is 21.7 Å². The molecule has 1 nitrogen and oxygen atoms in total. The first-order valence-corrected chi connectivity index (χ1v) is 7.62. The van der Waals surface area contributed by atoms with Gasteiger partial charge in [-0.05, 0) is 48.6 Å². The minimum absolute atomic E-state index is 0.364. The van der Waals surface area contributed by atoms with Crippen molar-refractivity contribution < 1.29 is 4.18 Å². The first-order chi connectivity index (χ1) is 7.63. The van der Waals surface area contributed by atoms with Crippen LogP contribution in [0.15, 0.2) is 22.7 Å². The maximum atomic E-state index is 5.93. The largest absolute Gasteiger partial charge is 0.315 e. The Hall–Kier alpha value is 0.517. The SMILES string of the molecule is CCC([Si])SOCCc1cc(Cl)ccc1Br. The number of rotatable bonds is 6. The molecule has 0 aliphatic rings. The van der Waals surface area contributed by atoms with E-state index in [1.807, 2.05) is 18.2 Å². The third kappa shape index (κ3) is 5.23. The predicted octanol–water partition coefficient (Wildman–Crippen LogP) is 4.21. The third-order valence-electron chi connectivity index (χ3n) is 2.02. The van der Waals surface area contributed by atoms with E-state index in [0.29, 0.717) is 11.5 Å². The Bertz CT molecular complexity index is 338. The zero-order valence-electron chi connectivity index (χ0n) is 9.00. The van der Waals surface area contributed by atoms with Crippen LogP contribution in [0, 0.1) is 0 Å². The zero-order valence-corrected chi connectivity index (χ0v) is 13.2. The number of halogens is 2. The van der Waals surface area contributed by atoms with Gasteiger partial charge in [-0.2, -0.15) is 0 Å². The summed E-state index contributed by atoms with van der Waals surface area (Å²) in [5, 5.41) is 0.761. The normalized spacial score (nSPS) is 12.8. The molecule has 0 bridgehead atoms. The maximum Gasteiger partial charge on any atom is 0.0654 e. The van der Waals surface area contributed by atoms with Gasteiger partial charge in [0.05, 0.1) is 6.61 Å². The molecule has 0 saturated heterocycles. The van der Waals surface area contributed by atoms with Crippen LogP contribution in [-0.2, 0) is 10.6 Å². The molecule has 0 heterocycles. The Labute approximate surface area is 118 Å². The standard InChI is InChI=1S/C11H13BrClOSSi/c1-2-11(16)15-14-6-5-8-7-9(13)3-4-10(8)12/h3-4,7,11H,2,5-6H2,1H3. The minimum Gasteiger partial charge on any atom is -0.315 e. The van der Waals surface area contributed by atoms with E-state index in [1.165, 1.54) is 17.6 Å². The first kappa shape index (κ1) is 14.6. The van der Waals surface area contributed by atoms with E-state index in [2.05, 4.69) is 33.1 Å². The van der Waals surface area contributed by atoms with Gasteiger partial charge in [-0.3, -0.25) is 0 Å². The lowest BCUT2D eigenvalue weighted by Gasteiger charge is -2.08. The van der Waals surface area contributed by atoms with Gasteiger partial charge in [-0.1, -0.05) is 34.5 Å².